The minimum Gasteiger partial charge on any atom is -0.350 e. The predicted octanol–water partition coefficient (Wildman–Crippen LogP) is 1.74. The first-order valence-electron chi connectivity index (χ1n) is 6.78. The van der Waals surface area contributed by atoms with Crippen molar-refractivity contribution in [1.82, 2.24) is 10.6 Å². The summed E-state index contributed by atoms with van der Waals surface area (Å²) in [5, 5.41) is 16.7. The van der Waals surface area contributed by atoms with Crippen molar-refractivity contribution in [2.75, 3.05) is 6.54 Å². The lowest BCUT2D eigenvalue weighted by molar-refractivity contribution is -0.384. The molecule has 6 heteroatoms. The molecule has 0 radical (unpaired) electrons. The normalized spacial score (nSPS) is 22.2. The Balaban J connectivity index is 1.91. The Hall–Kier alpha value is -1.95. The van der Waals surface area contributed by atoms with E-state index < -0.39 is 10.5 Å². The first-order valence-corrected chi connectivity index (χ1v) is 6.78. The highest BCUT2D eigenvalue weighted by Gasteiger charge is 2.33. The summed E-state index contributed by atoms with van der Waals surface area (Å²) in [4.78, 5) is 22.3. The van der Waals surface area contributed by atoms with Crippen molar-refractivity contribution in [3.05, 3.63) is 39.9 Å². The van der Waals surface area contributed by atoms with Crippen LogP contribution in [-0.2, 0) is 11.3 Å². The molecule has 1 atom stereocenters. The van der Waals surface area contributed by atoms with Crippen molar-refractivity contribution in [1.29, 1.82) is 0 Å². The molecule has 1 aromatic rings. The van der Waals surface area contributed by atoms with Crippen LogP contribution >= 0.6 is 0 Å². The van der Waals surface area contributed by atoms with Crippen LogP contribution in [0.4, 0.5) is 5.69 Å². The number of nitrogens with one attached hydrogen (secondary N) is 2. The Labute approximate surface area is 117 Å². The molecule has 0 aromatic heterocycles. The van der Waals surface area contributed by atoms with Crippen molar-refractivity contribution < 1.29 is 9.72 Å². The fourth-order valence-corrected chi connectivity index (χ4v) is 2.36. The number of benzene rings is 1. The fraction of sp³-hybridized carbons (Fsp3) is 0.500. The number of hydrogen-bond acceptors (Lipinski definition) is 4. The van der Waals surface area contributed by atoms with Gasteiger partial charge in [0.2, 0.25) is 5.91 Å². The van der Waals surface area contributed by atoms with Crippen molar-refractivity contribution in [3.63, 3.8) is 0 Å². The van der Waals surface area contributed by atoms with E-state index in [1.807, 2.05) is 6.92 Å². The average Bonchev–Trinajstić information content (AvgIpc) is 2.46. The van der Waals surface area contributed by atoms with Gasteiger partial charge in [-0.25, -0.2) is 0 Å². The van der Waals surface area contributed by atoms with Crippen LogP contribution in [0.3, 0.4) is 0 Å². The average molecular weight is 277 g/mol. The largest absolute Gasteiger partial charge is 0.350 e. The quantitative estimate of drug-likeness (QED) is 0.648. The molecule has 1 heterocycles. The second kappa shape index (κ2) is 6.00. The molecule has 0 aliphatic carbocycles. The van der Waals surface area contributed by atoms with Gasteiger partial charge in [-0.3, -0.25) is 14.9 Å². The SMILES string of the molecule is CC1(C(=O)NCc2ccc([N+](=O)[O-])cc2)CCCCN1. The monoisotopic (exact) mass is 277 g/mol. The van der Waals surface area contributed by atoms with Gasteiger partial charge in [0.25, 0.3) is 5.69 Å². The van der Waals surface area contributed by atoms with Gasteiger partial charge in [0.1, 0.15) is 0 Å². The molecule has 1 unspecified atom stereocenters. The zero-order valence-corrected chi connectivity index (χ0v) is 11.5. The summed E-state index contributed by atoms with van der Waals surface area (Å²) in [6, 6.07) is 6.22. The summed E-state index contributed by atoms with van der Waals surface area (Å²) >= 11 is 0. The molecule has 1 aromatic carbocycles. The van der Waals surface area contributed by atoms with Gasteiger partial charge >= 0.3 is 0 Å². The predicted molar refractivity (Wildman–Crippen MR) is 75.2 cm³/mol. The van der Waals surface area contributed by atoms with Gasteiger partial charge in [-0.2, -0.15) is 0 Å². The van der Waals surface area contributed by atoms with Gasteiger partial charge < -0.3 is 10.6 Å². The molecular formula is C14H19N3O3. The highest BCUT2D eigenvalue weighted by Crippen LogP contribution is 2.19. The molecule has 1 saturated heterocycles. The molecule has 108 valence electrons. The highest BCUT2D eigenvalue weighted by molar-refractivity contribution is 5.85. The summed E-state index contributed by atoms with van der Waals surface area (Å²) in [6.07, 6.45) is 2.98. The first kappa shape index (κ1) is 14.5. The van der Waals surface area contributed by atoms with E-state index >= 15 is 0 Å². The standard InChI is InChI=1S/C14H19N3O3/c1-14(8-2-3-9-16-14)13(18)15-10-11-4-6-12(7-5-11)17(19)20/h4-7,16H,2-3,8-10H2,1H3,(H,15,18). The van der Waals surface area contributed by atoms with Crippen molar-refractivity contribution in [3.8, 4) is 0 Å². The molecule has 1 aliphatic rings. The molecule has 1 aliphatic heterocycles. The summed E-state index contributed by atoms with van der Waals surface area (Å²) in [5.74, 6) is -0.0180. The van der Waals surface area contributed by atoms with Crippen LogP contribution in [0, 0.1) is 10.1 Å². The maximum absolute atomic E-state index is 12.2. The van der Waals surface area contributed by atoms with Gasteiger partial charge in [0.15, 0.2) is 0 Å². The highest BCUT2D eigenvalue weighted by atomic mass is 16.6. The molecule has 0 bridgehead atoms. The number of piperidine rings is 1. The molecule has 0 spiro atoms. The number of amides is 1. The van der Waals surface area contributed by atoms with Crippen LogP contribution < -0.4 is 10.6 Å². The molecule has 20 heavy (non-hydrogen) atoms. The van der Waals surface area contributed by atoms with Crippen molar-refractivity contribution in [2.45, 2.75) is 38.3 Å². The number of non-ortho nitro benzene ring substituents is 1. The maximum Gasteiger partial charge on any atom is 0.269 e. The first-order chi connectivity index (χ1) is 9.51. The Morgan fingerprint density at radius 1 is 1.40 bits per heavy atom. The van der Waals surface area contributed by atoms with E-state index in [1.165, 1.54) is 12.1 Å². The van der Waals surface area contributed by atoms with Crippen LogP contribution in [0.25, 0.3) is 0 Å². The van der Waals surface area contributed by atoms with E-state index in [0.29, 0.717) is 6.54 Å². The van der Waals surface area contributed by atoms with E-state index in [0.717, 1.165) is 31.4 Å². The van der Waals surface area contributed by atoms with Crippen molar-refractivity contribution in [2.24, 2.45) is 0 Å². The van der Waals surface area contributed by atoms with Crippen LogP contribution in [-0.4, -0.2) is 22.9 Å². The summed E-state index contributed by atoms with van der Waals surface area (Å²) in [6.45, 7) is 3.16. The lowest BCUT2D eigenvalue weighted by atomic mass is 9.90. The number of nitro benzene ring substituents is 1. The van der Waals surface area contributed by atoms with Crippen LogP contribution in [0.15, 0.2) is 24.3 Å². The van der Waals surface area contributed by atoms with Crippen LogP contribution in [0.5, 0.6) is 0 Å². The van der Waals surface area contributed by atoms with Gasteiger partial charge in [-0.15, -0.1) is 0 Å². The Morgan fingerprint density at radius 3 is 2.65 bits per heavy atom. The number of carbonyl (C=O) groups is 1. The molecule has 1 fully saturated rings. The molecular weight excluding hydrogens is 258 g/mol. The van der Waals surface area contributed by atoms with E-state index in [-0.39, 0.29) is 11.6 Å². The molecule has 6 nitrogen and oxygen atoms in total. The van der Waals surface area contributed by atoms with E-state index in [1.54, 1.807) is 12.1 Å². The lowest BCUT2D eigenvalue weighted by Gasteiger charge is -2.33. The fourth-order valence-electron chi connectivity index (χ4n) is 2.36. The number of carbonyl (C=O) groups excluding carboxylic acids is 1. The second-order valence-corrected chi connectivity index (χ2v) is 5.32. The molecule has 1 amide bonds. The van der Waals surface area contributed by atoms with Gasteiger partial charge in [0.05, 0.1) is 10.5 Å². The minimum absolute atomic E-state index is 0.0180. The van der Waals surface area contributed by atoms with Crippen LogP contribution in [0.2, 0.25) is 0 Å². The van der Waals surface area contributed by atoms with E-state index in [2.05, 4.69) is 10.6 Å². The number of nitro groups is 1. The zero-order valence-electron chi connectivity index (χ0n) is 11.5. The third kappa shape index (κ3) is 3.33. The molecule has 2 N–H and O–H groups in total. The summed E-state index contributed by atoms with van der Waals surface area (Å²) in [5.41, 5.74) is 0.406. The Kier molecular flexibility index (Phi) is 4.34. The maximum atomic E-state index is 12.2. The van der Waals surface area contributed by atoms with Gasteiger partial charge in [-0.1, -0.05) is 12.1 Å². The summed E-state index contributed by atoms with van der Waals surface area (Å²) < 4.78 is 0. The third-order valence-electron chi connectivity index (χ3n) is 3.72. The smallest absolute Gasteiger partial charge is 0.269 e. The minimum atomic E-state index is -0.501. The van der Waals surface area contributed by atoms with Gasteiger partial charge in [0, 0.05) is 18.7 Å². The number of nitrogens with zero attached hydrogens (tertiary/aromatic N) is 1. The van der Waals surface area contributed by atoms with E-state index in [9.17, 15) is 14.9 Å². The molecule has 0 saturated carbocycles. The van der Waals surface area contributed by atoms with Gasteiger partial charge in [-0.05, 0) is 38.3 Å². The topological polar surface area (TPSA) is 84.3 Å². The van der Waals surface area contributed by atoms with Crippen molar-refractivity contribution >= 4 is 11.6 Å². The molecule has 2 rings (SSSR count). The van der Waals surface area contributed by atoms with E-state index in [4.69, 9.17) is 0 Å². The number of rotatable bonds is 4. The van der Waals surface area contributed by atoms with Crippen LogP contribution in [0.1, 0.15) is 31.7 Å². The Morgan fingerprint density at radius 2 is 2.10 bits per heavy atom. The zero-order chi connectivity index (χ0) is 14.6. The summed E-state index contributed by atoms with van der Waals surface area (Å²) in [7, 11) is 0. The second-order valence-electron chi connectivity index (χ2n) is 5.32. The third-order valence-corrected chi connectivity index (χ3v) is 3.72. The number of hydrogen-bond donors (Lipinski definition) is 2. The Bertz CT molecular complexity index is 493. The lowest BCUT2D eigenvalue weighted by Crippen LogP contribution is -2.56.